The number of ketones is 2. The number of methoxy groups -OCH3 is 3. The molecule has 0 N–H and O–H groups in total. The average molecular weight is 330 g/mol. The Labute approximate surface area is 139 Å². The van der Waals surface area contributed by atoms with E-state index < -0.39 is 5.78 Å². The molecule has 1 aliphatic heterocycles. The van der Waals surface area contributed by atoms with Gasteiger partial charge in [0.15, 0.2) is 28.8 Å². The van der Waals surface area contributed by atoms with Crippen LogP contribution in [0.25, 0.3) is 0 Å². The van der Waals surface area contributed by atoms with Gasteiger partial charge < -0.3 is 18.9 Å². The minimum Gasteiger partial charge on any atom is -0.493 e. The fourth-order valence-corrected chi connectivity index (χ4v) is 2.91. The van der Waals surface area contributed by atoms with E-state index in [4.69, 9.17) is 18.9 Å². The topological polar surface area (TPSA) is 71.1 Å². The van der Waals surface area contributed by atoms with Crippen LogP contribution in [0.1, 0.15) is 24.5 Å². The lowest BCUT2D eigenvalue weighted by molar-refractivity contribution is -0.123. The maximum Gasteiger partial charge on any atom is 0.262 e. The van der Waals surface area contributed by atoms with Crippen molar-refractivity contribution in [3.63, 3.8) is 0 Å². The van der Waals surface area contributed by atoms with E-state index in [0.29, 0.717) is 29.9 Å². The molecule has 6 heteroatoms. The minimum atomic E-state index is -0.391. The smallest absolute Gasteiger partial charge is 0.262 e. The van der Waals surface area contributed by atoms with Crippen LogP contribution in [0, 0.1) is 0 Å². The van der Waals surface area contributed by atoms with Crippen molar-refractivity contribution in [1.82, 2.24) is 0 Å². The normalized spacial score (nSPS) is 20.1. The van der Waals surface area contributed by atoms with Gasteiger partial charge in [0.25, 0.3) is 5.78 Å². The Bertz CT molecular complexity index is 759. The molecule has 0 amide bonds. The van der Waals surface area contributed by atoms with E-state index in [9.17, 15) is 9.59 Å². The number of benzene rings is 1. The van der Waals surface area contributed by atoms with Crippen LogP contribution in [0.4, 0.5) is 0 Å². The summed E-state index contributed by atoms with van der Waals surface area (Å²) < 4.78 is 21.4. The molecule has 1 aromatic rings. The molecule has 24 heavy (non-hydrogen) atoms. The van der Waals surface area contributed by atoms with Crippen molar-refractivity contribution in [3.8, 4) is 11.5 Å². The highest BCUT2D eigenvalue weighted by atomic mass is 16.5. The van der Waals surface area contributed by atoms with E-state index in [0.717, 1.165) is 5.56 Å². The van der Waals surface area contributed by atoms with Crippen molar-refractivity contribution in [2.45, 2.75) is 18.9 Å². The molecule has 0 aromatic heterocycles. The molecule has 3 rings (SSSR count). The van der Waals surface area contributed by atoms with Crippen LogP contribution >= 0.6 is 0 Å². The van der Waals surface area contributed by atoms with E-state index in [1.807, 2.05) is 12.1 Å². The second-order valence-corrected chi connectivity index (χ2v) is 5.47. The SMILES string of the molecule is COC1=CC(=O)C2=C(OC(c3ccc(OC)c(OC)c3)CC2)C1=O. The van der Waals surface area contributed by atoms with Crippen LogP contribution in [0.15, 0.2) is 41.4 Å². The number of rotatable bonds is 4. The summed E-state index contributed by atoms with van der Waals surface area (Å²) in [7, 11) is 4.48. The molecule has 0 fully saturated rings. The summed E-state index contributed by atoms with van der Waals surface area (Å²) in [6, 6.07) is 5.47. The van der Waals surface area contributed by atoms with Crippen LogP contribution in [-0.2, 0) is 19.1 Å². The Morgan fingerprint density at radius 1 is 1.04 bits per heavy atom. The van der Waals surface area contributed by atoms with Gasteiger partial charge in [0.05, 0.1) is 21.3 Å². The maximum absolute atomic E-state index is 12.4. The lowest BCUT2D eigenvalue weighted by Crippen LogP contribution is -2.27. The number of allylic oxidation sites excluding steroid dienone is 2. The van der Waals surface area contributed by atoms with E-state index in [1.165, 1.54) is 13.2 Å². The average Bonchev–Trinajstić information content (AvgIpc) is 2.63. The minimum absolute atomic E-state index is 0.00621. The van der Waals surface area contributed by atoms with Crippen LogP contribution < -0.4 is 9.47 Å². The van der Waals surface area contributed by atoms with Crippen LogP contribution in [-0.4, -0.2) is 32.9 Å². The zero-order chi connectivity index (χ0) is 17.3. The number of carbonyl (C=O) groups is 2. The zero-order valence-corrected chi connectivity index (χ0v) is 13.8. The van der Waals surface area contributed by atoms with E-state index in [-0.39, 0.29) is 23.4 Å². The maximum atomic E-state index is 12.4. The number of ether oxygens (including phenoxy) is 4. The fourth-order valence-electron chi connectivity index (χ4n) is 2.91. The van der Waals surface area contributed by atoms with Crippen LogP contribution in [0.2, 0.25) is 0 Å². The van der Waals surface area contributed by atoms with Gasteiger partial charge in [-0.1, -0.05) is 6.07 Å². The molecule has 0 spiro atoms. The van der Waals surface area contributed by atoms with Gasteiger partial charge in [-0.05, 0) is 30.5 Å². The molecule has 2 aliphatic rings. The van der Waals surface area contributed by atoms with Gasteiger partial charge in [-0.2, -0.15) is 0 Å². The Hall–Kier alpha value is -2.76. The quantitative estimate of drug-likeness (QED) is 0.790. The van der Waals surface area contributed by atoms with Gasteiger partial charge in [0, 0.05) is 11.6 Å². The Morgan fingerprint density at radius 2 is 1.79 bits per heavy atom. The first-order valence-corrected chi connectivity index (χ1v) is 7.55. The molecule has 1 heterocycles. The summed E-state index contributed by atoms with van der Waals surface area (Å²) in [6.07, 6.45) is 1.97. The van der Waals surface area contributed by atoms with E-state index >= 15 is 0 Å². The Morgan fingerprint density at radius 3 is 2.46 bits per heavy atom. The first kappa shape index (κ1) is 16.1. The lowest BCUT2D eigenvalue weighted by Gasteiger charge is -2.29. The summed E-state index contributed by atoms with van der Waals surface area (Å²) in [4.78, 5) is 24.5. The summed E-state index contributed by atoms with van der Waals surface area (Å²) in [6.45, 7) is 0. The predicted octanol–water partition coefficient (Wildman–Crippen LogP) is 2.49. The molecule has 1 aromatic carbocycles. The standard InChI is InChI=1S/C18H18O6/c1-21-14-6-4-10(8-15(14)22-2)13-7-5-11-12(19)9-16(23-3)17(20)18(11)24-13/h4,6,8-9,13H,5,7H2,1-3H3. The van der Waals surface area contributed by atoms with Gasteiger partial charge in [0.2, 0.25) is 0 Å². The molecule has 126 valence electrons. The first-order valence-electron chi connectivity index (χ1n) is 7.55. The van der Waals surface area contributed by atoms with Crippen molar-refractivity contribution in [1.29, 1.82) is 0 Å². The second-order valence-electron chi connectivity index (χ2n) is 5.47. The molecule has 0 saturated heterocycles. The number of Topliss-reactive ketones (excluding diaryl/α,β-unsaturated/α-hetero) is 1. The highest BCUT2D eigenvalue weighted by Gasteiger charge is 2.36. The number of hydrogen-bond acceptors (Lipinski definition) is 6. The molecule has 6 nitrogen and oxygen atoms in total. The highest BCUT2D eigenvalue weighted by molar-refractivity contribution is 6.21. The van der Waals surface area contributed by atoms with Gasteiger partial charge >= 0.3 is 0 Å². The molecule has 0 saturated carbocycles. The van der Waals surface area contributed by atoms with Gasteiger partial charge in [-0.25, -0.2) is 0 Å². The van der Waals surface area contributed by atoms with Crippen molar-refractivity contribution in [3.05, 3.63) is 46.9 Å². The summed E-state index contributed by atoms with van der Waals surface area (Å²) in [5.41, 5.74) is 1.27. The van der Waals surface area contributed by atoms with Gasteiger partial charge in [-0.15, -0.1) is 0 Å². The highest BCUT2D eigenvalue weighted by Crippen LogP contribution is 2.39. The van der Waals surface area contributed by atoms with E-state index in [2.05, 4.69) is 0 Å². The van der Waals surface area contributed by atoms with Crippen LogP contribution in [0.5, 0.6) is 11.5 Å². The monoisotopic (exact) mass is 330 g/mol. The third-order valence-corrected chi connectivity index (χ3v) is 4.18. The summed E-state index contributed by atoms with van der Waals surface area (Å²) in [5, 5.41) is 0. The second kappa shape index (κ2) is 6.39. The predicted molar refractivity (Wildman–Crippen MR) is 84.7 cm³/mol. The number of carbonyl (C=O) groups excluding carboxylic acids is 2. The molecule has 1 atom stereocenters. The van der Waals surface area contributed by atoms with E-state index in [1.54, 1.807) is 20.3 Å². The fraction of sp³-hybridized carbons (Fsp3) is 0.333. The molecule has 0 bridgehead atoms. The first-order chi connectivity index (χ1) is 11.6. The molecule has 1 aliphatic carbocycles. The number of hydrogen-bond donors (Lipinski definition) is 0. The third-order valence-electron chi connectivity index (χ3n) is 4.18. The summed E-state index contributed by atoms with van der Waals surface area (Å²) >= 11 is 0. The molecular formula is C18H18O6. The van der Waals surface area contributed by atoms with Crippen LogP contribution in [0.3, 0.4) is 0 Å². The molecule has 0 radical (unpaired) electrons. The van der Waals surface area contributed by atoms with Gasteiger partial charge in [0.1, 0.15) is 6.10 Å². The van der Waals surface area contributed by atoms with Crippen molar-refractivity contribution < 1.29 is 28.5 Å². The Kier molecular flexibility index (Phi) is 4.29. The van der Waals surface area contributed by atoms with Crippen molar-refractivity contribution in [2.24, 2.45) is 0 Å². The zero-order valence-electron chi connectivity index (χ0n) is 13.8. The van der Waals surface area contributed by atoms with Gasteiger partial charge in [-0.3, -0.25) is 9.59 Å². The van der Waals surface area contributed by atoms with Crippen molar-refractivity contribution >= 4 is 11.6 Å². The van der Waals surface area contributed by atoms with Crippen molar-refractivity contribution in [2.75, 3.05) is 21.3 Å². The largest absolute Gasteiger partial charge is 0.493 e. The molecule has 1 unspecified atom stereocenters. The molecular weight excluding hydrogens is 312 g/mol. The Balaban J connectivity index is 1.90. The third kappa shape index (κ3) is 2.64. The summed E-state index contributed by atoms with van der Waals surface area (Å²) in [5.74, 6) is 0.675. The lowest BCUT2D eigenvalue weighted by atomic mass is 9.90.